The van der Waals surface area contributed by atoms with Crippen molar-refractivity contribution in [2.45, 2.75) is 0 Å². The van der Waals surface area contributed by atoms with Gasteiger partial charge in [-0.3, -0.25) is 0 Å². The number of furan rings is 1. The van der Waals surface area contributed by atoms with Crippen molar-refractivity contribution in [1.29, 1.82) is 0 Å². The summed E-state index contributed by atoms with van der Waals surface area (Å²) >= 11 is 0. The van der Waals surface area contributed by atoms with E-state index in [0.29, 0.717) is 0 Å². The van der Waals surface area contributed by atoms with Crippen molar-refractivity contribution in [3.8, 4) is 39.2 Å². The molecule has 0 aliphatic heterocycles. The van der Waals surface area contributed by atoms with Crippen LogP contribution >= 0.6 is 0 Å². The standard InChI is InChI=1S/C49H30N2O/c1-3-13-33(14-4-1)49-40-30-45-48(39-19-9-12-22-44(39)52-45)46(47(40)38-18-7-10-20-41(38)50-49)32-25-23-31(24-26-32)34-27-28-37-36-17-8-11-21-42(36)51(43(37)29-34)35-15-5-2-6-16-35/h1-30H. The van der Waals surface area contributed by atoms with E-state index >= 15 is 0 Å². The molecule has 0 radical (unpaired) electrons. The minimum atomic E-state index is 0.862. The van der Waals surface area contributed by atoms with E-state index in [4.69, 9.17) is 9.40 Å². The van der Waals surface area contributed by atoms with Gasteiger partial charge in [0.25, 0.3) is 0 Å². The van der Waals surface area contributed by atoms with Crippen LogP contribution in [0.5, 0.6) is 0 Å². The number of para-hydroxylation sites is 4. The molecule has 0 aliphatic rings. The van der Waals surface area contributed by atoms with Crippen molar-refractivity contribution in [3.63, 3.8) is 0 Å². The topological polar surface area (TPSA) is 31.0 Å². The third kappa shape index (κ3) is 4.30. The highest BCUT2D eigenvalue weighted by molar-refractivity contribution is 6.27. The highest BCUT2D eigenvalue weighted by Crippen LogP contribution is 2.46. The fraction of sp³-hybridized carbons (Fsp3) is 0. The molecule has 0 fully saturated rings. The lowest BCUT2D eigenvalue weighted by atomic mass is 9.89. The summed E-state index contributed by atoms with van der Waals surface area (Å²) in [4.78, 5) is 5.25. The molecule has 242 valence electrons. The van der Waals surface area contributed by atoms with Crippen LogP contribution in [0.3, 0.4) is 0 Å². The van der Waals surface area contributed by atoms with Crippen molar-refractivity contribution >= 4 is 65.4 Å². The van der Waals surface area contributed by atoms with E-state index in [-0.39, 0.29) is 0 Å². The average molecular weight is 663 g/mol. The summed E-state index contributed by atoms with van der Waals surface area (Å²) in [7, 11) is 0. The number of hydrogen-bond acceptors (Lipinski definition) is 2. The van der Waals surface area contributed by atoms with Gasteiger partial charge in [0, 0.05) is 54.5 Å². The molecule has 3 aromatic heterocycles. The van der Waals surface area contributed by atoms with E-state index in [1.807, 2.05) is 6.07 Å². The van der Waals surface area contributed by atoms with Gasteiger partial charge < -0.3 is 8.98 Å². The SMILES string of the molecule is c1ccc(-c2nc3ccccc3c3c(-c4ccc(-c5ccc6c7ccccc7n(-c7ccccc7)c6c5)cc4)c4c(cc23)oc2ccccc24)cc1. The molecule has 3 heteroatoms. The molecule has 0 saturated carbocycles. The Morgan fingerprint density at radius 2 is 1.02 bits per heavy atom. The number of aromatic nitrogens is 2. The second-order valence-electron chi connectivity index (χ2n) is 13.5. The quantitative estimate of drug-likeness (QED) is 0.176. The Labute approximate surface area is 299 Å². The van der Waals surface area contributed by atoms with Gasteiger partial charge in [0.15, 0.2) is 0 Å². The maximum atomic E-state index is 6.60. The molecule has 8 aromatic carbocycles. The molecule has 0 unspecified atom stereocenters. The van der Waals surface area contributed by atoms with Crippen molar-refractivity contribution in [1.82, 2.24) is 9.55 Å². The van der Waals surface area contributed by atoms with Crippen LogP contribution < -0.4 is 0 Å². The van der Waals surface area contributed by atoms with E-state index in [2.05, 4.69) is 180 Å². The molecule has 0 atom stereocenters. The van der Waals surface area contributed by atoms with Crippen LogP contribution in [-0.4, -0.2) is 9.55 Å². The summed E-state index contributed by atoms with van der Waals surface area (Å²) in [6, 6.07) is 64.8. The molecule has 0 aliphatic carbocycles. The van der Waals surface area contributed by atoms with Gasteiger partial charge in [-0.25, -0.2) is 4.98 Å². The van der Waals surface area contributed by atoms with Crippen LogP contribution in [0.1, 0.15) is 0 Å². The van der Waals surface area contributed by atoms with Crippen LogP contribution in [0.2, 0.25) is 0 Å². The Hall–Kier alpha value is -6.97. The number of benzene rings is 8. The molecule has 3 heterocycles. The molecule has 0 spiro atoms. The van der Waals surface area contributed by atoms with E-state index in [1.165, 1.54) is 43.9 Å². The van der Waals surface area contributed by atoms with E-state index < -0.39 is 0 Å². The largest absolute Gasteiger partial charge is 0.456 e. The van der Waals surface area contributed by atoms with Gasteiger partial charge in [-0.2, -0.15) is 0 Å². The highest BCUT2D eigenvalue weighted by Gasteiger charge is 2.22. The Morgan fingerprint density at radius 1 is 0.385 bits per heavy atom. The molecule has 11 rings (SSSR count). The van der Waals surface area contributed by atoms with Gasteiger partial charge in [-0.15, -0.1) is 0 Å². The summed E-state index contributed by atoms with van der Waals surface area (Å²) < 4.78 is 8.98. The first kappa shape index (κ1) is 28.8. The number of rotatable bonds is 4. The fourth-order valence-corrected chi connectivity index (χ4v) is 8.26. The zero-order chi connectivity index (χ0) is 34.2. The maximum Gasteiger partial charge on any atom is 0.136 e. The number of nitrogens with zero attached hydrogens (tertiary/aromatic N) is 2. The molecule has 0 amide bonds. The summed E-state index contributed by atoms with van der Waals surface area (Å²) in [5.74, 6) is 0. The van der Waals surface area contributed by atoms with Crippen LogP contribution in [0.15, 0.2) is 186 Å². The Morgan fingerprint density at radius 3 is 1.85 bits per heavy atom. The Balaban J connectivity index is 1.16. The first-order valence-corrected chi connectivity index (χ1v) is 17.7. The first-order chi connectivity index (χ1) is 25.8. The van der Waals surface area contributed by atoms with Crippen molar-refractivity contribution in [2.75, 3.05) is 0 Å². The third-order valence-corrected chi connectivity index (χ3v) is 10.6. The first-order valence-electron chi connectivity index (χ1n) is 17.7. The zero-order valence-corrected chi connectivity index (χ0v) is 28.1. The average Bonchev–Trinajstić information content (AvgIpc) is 3.75. The van der Waals surface area contributed by atoms with Gasteiger partial charge in [0.2, 0.25) is 0 Å². The molecule has 11 aromatic rings. The van der Waals surface area contributed by atoms with Gasteiger partial charge in [-0.1, -0.05) is 140 Å². The van der Waals surface area contributed by atoms with Crippen molar-refractivity contribution in [3.05, 3.63) is 182 Å². The lowest BCUT2D eigenvalue weighted by molar-refractivity contribution is 0.669. The highest BCUT2D eigenvalue weighted by atomic mass is 16.3. The Kier molecular flexibility index (Phi) is 6.25. The number of fused-ring (bicyclic) bond motifs is 9. The summed E-state index contributed by atoms with van der Waals surface area (Å²) in [6.07, 6.45) is 0. The summed E-state index contributed by atoms with van der Waals surface area (Å²) in [5.41, 5.74) is 13.0. The molecule has 52 heavy (non-hydrogen) atoms. The van der Waals surface area contributed by atoms with E-state index in [9.17, 15) is 0 Å². The molecule has 0 saturated heterocycles. The monoisotopic (exact) mass is 662 g/mol. The zero-order valence-electron chi connectivity index (χ0n) is 28.1. The second kappa shape index (κ2) is 11.3. The van der Waals surface area contributed by atoms with Gasteiger partial charge in [0.05, 0.1) is 22.2 Å². The molecule has 0 bridgehead atoms. The van der Waals surface area contributed by atoms with Crippen molar-refractivity contribution < 1.29 is 4.42 Å². The molecule has 3 nitrogen and oxygen atoms in total. The normalized spacial score (nSPS) is 11.8. The number of hydrogen-bond donors (Lipinski definition) is 0. The Bertz CT molecular complexity index is 3150. The second-order valence-corrected chi connectivity index (χ2v) is 13.5. The van der Waals surface area contributed by atoms with E-state index in [1.54, 1.807) is 0 Å². The predicted octanol–water partition coefficient (Wildman–Crippen LogP) is 13.4. The smallest absolute Gasteiger partial charge is 0.136 e. The maximum absolute atomic E-state index is 6.60. The fourth-order valence-electron chi connectivity index (χ4n) is 8.26. The van der Waals surface area contributed by atoms with Crippen LogP contribution in [0.4, 0.5) is 0 Å². The van der Waals surface area contributed by atoms with Crippen LogP contribution in [0.25, 0.3) is 105 Å². The predicted molar refractivity (Wildman–Crippen MR) is 217 cm³/mol. The van der Waals surface area contributed by atoms with Gasteiger partial charge >= 0.3 is 0 Å². The third-order valence-electron chi connectivity index (χ3n) is 10.6. The van der Waals surface area contributed by atoms with Gasteiger partial charge in [0.1, 0.15) is 11.2 Å². The molecule has 0 N–H and O–H groups in total. The lowest BCUT2D eigenvalue weighted by Gasteiger charge is -2.16. The summed E-state index contributed by atoms with van der Waals surface area (Å²) in [5, 5.41) is 8.13. The van der Waals surface area contributed by atoms with Crippen LogP contribution in [0, 0.1) is 0 Å². The number of pyridine rings is 1. The molecular weight excluding hydrogens is 633 g/mol. The summed E-state index contributed by atoms with van der Waals surface area (Å²) in [6.45, 7) is 0. The van der Waals surface area contributed by atoms with Crippen molar-refractivity contribution in [2.24, 2.45) is 0 Å². The van der Waals surface area contributed by atoms with E-state index in [0.717, 1.165) is 60.7 Å². The van der Waals surface area contributed by atoms with Gasteiger partial charge in [-0.05, 0) is 59.2 Å². The minimum absolute atomic E-state index is 0.862. The van der Waals surface area contributed by atoms with Crippen LogP contribution in [-0.2, 0) is 0 Å². The lowest BCUT2D eigenvalue weighted by Crippen LogP contribution is -1.93. The molecular formula is C49H30N2O. The minimum Gasteiger partial charge on any atom is -0.456 e.